The highest BCUT2D eigenvalue weighted by atomic mass is 16.3. The molecule has 4 aromatic rings. The first kappa shape index (κ1) is 17.0. The van der Waals surface area contributed by atoms with E-state index >= 15 is 0 Å². The average molecular weight is 378 g/mol. The van der Waals surface area contributed by atoms with Gasteiger partial charge >= 0.3 is 0 Å². The lowest BCUT2D eigenvalue weighted by atomic mass is 10.1. The molecule has 1 aliphatic rings. The maximum absolute atomic E-state index is 13.1. The number of aromatic amines is 1. The predicted octanol–water partition coefficient (Wildman–Crippen LogP) is 2.37. The normalized spacial score (nSPS) is 14.6. The summed E-state index contributed by atoms with van der Waals surface area (Å²) in [6.45, 7) is 7.23. The number of H-pyrrole nitrogens is 1. The Morgan fingerprint density at radius 2 is 2.25 bits per heavy atom. The highest BCUT2D eigenvalue weighted by molar-refractivity contribution is 5.59. The molecule has 0 saturated heterocycles. The van der Waals surface area contributed by atoms with Crippen molar-refractivity contribution in [2.45, 2.75) is 39.9 Å². The molecule has 8 nitrogen and oxygen atoms in total. The van der Waals surface area contributed by atoms with Crippen LogP contribution in [0.2, 0.25) is 0 Å². The van der Waals surface area contributed by atoms with Gasteiger partial charge < -0.3 is 4.42 Å². The molecule has 0 unspecified atom stereocenters. The average Bonchev–Trinajstić information content (AvgIpc) is 3.42. The molecule has 0 atom stereocenters. The van der Waals surface area contributed by atoms with Crippen LogP contribution < -0.4 is 5.56 Å². The number of furan rings is 1. The van der Waals surface area contributed by atoms with Gasteiger partial charge in [-0.05, 0) is 26.0 Å². The maximum atomic E-state index is 13.1. The number of aryl methyl sites for hydroxylation is 2. The molecule has 1 aliphatic heterocycles. The molecule has 5 rings (SSSR count). The molecule has 0 bridgehead atoms. The van der Waals surface area contributed by atoms with E-state index in [1.807, 2.05) is 29.8 Å². The minimum Gasteiger partial charge on any atom is -0.463 e. The van der Waals surface area contributed by atoms with Gasteiger partial charge in [0, 0.05) is 50.4 Å². The van der Waals surface area contributed by atoms with Gasteiger partial charge in [-0.25, -0.2) is 9.50 Å². The Hall–Kier alpha value is -3.13. The Labute approximate surface area is 161 Å². The van der Waals surface area contributed by atoms with Gasteiger partial charge in [0.25, 0.3) is 5.56 Å². The Kier molecular flexibility index (Phi) is 3.94. The second-order valence-electron chi connectivity index (χ2n) is 7.24. The molecule has 0 fully saturated rings. The smallest absolute Gasteiger partial charge is 0.277 e. The quantitative estimate of drug-likeness (QED) is 0.589. The van der Waals surface area contributed by atoms with Crippen molar-refractivity contribution in [3.05, 3.63) is 63.5 Å². The number of hydrogen-bond donors (Lipinski definition) is 1. The molecule has 0 aliphatic carbocycles. The molecule has 4 aromatic heterocycles. The first-order valence-corrected chi connectivity index (χ1v) is 9.55. The molecule has 0 saturated carbocycles. The summed E-state index contributed by atoms with van der Waals surface area (Å²) in [6, 6.07) is 5.54. The van der Waals surface area contributed by atoms with Crippen molar-refractivity contribution < 1.29 is 4.42 Å². The Morgan fingerprint density at radius 3 is 3.00 bits per heavy atom. The van der Waals surface area contributed by atoms with Gasteiger partial charge in [0.1, 0.15) is 5.69 Å². The summed E-state index contributed by atoms with van der Waals surface area (Å²) in [5, 5.41) is 7.64. The van der Waals surface area contributed by atoms with Crippen molar-refractivity contribution in [1.82, 2.24) is 29.3 Å². The zero-order valence-corrected chi connectivity index (χ0v) is 16.0. The predicted molar refractivity (Wildman–Crippen MR) is 104 cm³/mol. The number of fused-ring (bicyclic) bond motifs is 2. The second kappa shape index (κ2) is 6.49. The van der Waals surface area contributed by atoms with E-state index in [4.69, 9.17) is 9.40 Å². The molecular formula is C20H22N6O2. The highest BCUT2D eigenvalue weighted by Gasteiger charge is 2.23. The molecule has 0 radical (unpaired) electrons. The topological polar surface area (TPSA) is 84.4 Å². The minimum atomic E-state index is -0.0384. The fourth-order valence-electron chi connectivity index (χ4n) is 3.85. The zero-order valence-electron chi connectivity index (χ0n) is 16.0. The van der Waals surface area contributed by atoms with Crippen LogP contribution in [-0.2, 0) is 26.1 Å². The van der Waals surface area contributed by atoms with Crippen molar-refractivity contribution in [2.24, 2.45) is 0 Å². The molecule has 8 heteroatoms. The molecule has 0 amide bonds. The van der Waals surface area contributed by atoms with E-state index in [1.165, 1.54) is 10.1 Å². The van der Waals surface area contributed by atoms with Crippen molar-refractivity contribution in [3.8, 4) is 11.5 Å². The first-order chi connectivity index (χ1) is 13.6. The van der Waals surface area contributed by atoms with Crippen molar-refractivity contribution in [3.63, 3.8) is 0 Å². The van der Waals surface area contributed by atoms with Crippen LogP contribution >= 0.6 is 0 Å². The summed E-state index contributed by atoms with van der Waals surface area (Å²) >= 11 is 0. The summed E-state index contributed by atoms with van der Waals surface area (Å²) in [5.41, 5.74) is 5.25. The number of aromatic nitrogens is 5. The van der Waals surface area contributed by atoms with Gasteiger partial charge in [0.05, 0.1) is 23.2 Å². The fraction of sp³-hybridized carbons (Fsp3) is 0.350. The van der Waals surface area contributed by atoms with Crippen molar-refractivity contribution in [2.75, 3.05) is 6.54 Å². The molecule has 5 heterocycles. The number of rotatable bonds is 4. The second-order valence-corrected chi connectivity index (χ2v) is 7.24. The largest absolute Gasteiger partial charge is 0.463 e. The van der Waals surface area contributed by atoms with Crippen LogP contribution in [-0.4, -0.2) is 35.8 Å². The van der Waals surface area contributed by atoms with Gasteiger partial charge in [-0.15, -0.1) is 0 Å². The highest BCUT2D eigenvalue weighted by Crippen LogP contribution is 2.22. The van der Waals surface area contributed by atoms with E-state index in [0.717, 1.165) is 48.7 Å². The van der Waals surface area contributed by atoms with Gasteiger partial charge in [-0.3, -0.25) is 19.5 Å². The van der Waals surface area contributed by atoms with Gasteiger partial charge in [-0.1, -0.05) is 0 Å². The summed E-state index contributed by atoms with van der Waals surface area (Å²) in [5.74, 6) is 0.688. The van der Waals surface area contributed by atoms with Crippen LogP contribution in [0.5, 0.6) is 0 Å². The summed E-state index contributed by atoms with van der Waals surface area (Å²) in [6.07, 6.45) is 4.48. The van der Waals surface area contributed by atoms with Crippen LogP contribution in [0.4, 0.5) is 0 Å². The molecule has 1 N–H and O–H groups in total. The van der Waals surface area contributed by atoms with Crippen LogP contribution in [0, 0.1) is 6.92 Å². The Morgan fingerprint density at radius 1 is 1.36 bits per heavy atom. The molecule has 144 valence electrons. The molecule has 28 heavy (non-hydrogen) atoms. The van der Waals surface area contributed by atoms with E-state index in [9.17, 15) is 4.79 Å². The van der Waals surface area contributed by atoms with Gasteiger partial charge in [0.2, 0.25) is 0 Å². The van der Waals surface area contributed by atoms with E-state index < -0.39 is 0 Å². The van der Waals surface area contributed by atoms with Gasteiger partial charge in [0.15, 0.2) is 11.4 Å². The third kappa shape index (κ3) is 2.77. The molecule has 0 spiro atoms. The first-order valence-electron chi connectivity index (χ1n) is 9.55. The number of nitrogens with zero attached hydrogens (tertiary/aromatic N) is 5. The van der Waals surface area contributed by atoms with Crippen molar-refractivity contribution >= 4 is 5.65 Å². The van der Waals surface area contributed by atoms with Crippen LogP contribution in [0.15, 0.2) is 39.9 Å². The SMILES string of the molecule is CCn1cc(CN2CCc3nc4cc(-c5ccco5)[nH]n4c(=O)c3C2)c(C)n1. The number of hydrogen-bond acceptors (Lipinski definition) is 5. The Bertz CT molecular complexity index is 1200. The lowest BCUT2D eigenvalue weighted by Gasteiger charge is -2.27. The minimum absolute atomic E-state index is 0.0384. The third-order valence-electron chi connectivity index (χ3n) is 5.39. The standard InChI is InChI=1S/C20H22N6O2/c1-3-25-11-14(13(2)22-25)10-24-7-6-16-15(12-24)20(27)26-19(21-16)9-17(23-26)18-5-4-8-28-18/h4-5,8-9,11,23H,3,6-7,10,12H2,1-2H3. The van der Waals surface area contributed by atoms with E-state index in [1.54, 1.807) is 6.26 Å². The molecule has 0 aromatic carbocycles. The Balaban J connectivity index is 1.47. The third-order valence-corrected chi connectivity index (χ3v) is 5.39. The summed E-state index contributed by atoms with van der Waals surface area (Å²) < 4.78 is 8.90. The van der Waals surface area contributed by atoms with Crippen molar-refractivity contribution in [1.29, 1.82) is 0 Å². The zero-order chi connectivity index (χ0) is 19.3. The molecular weight excluding hydrogens is 356 g/mol. The van der Waals surface area contributed by atoms with E-state index in [0.29, 0.717) is 18.0 Å². The lowest BCUT2D eigenvalue weighted by Crippen LogP contribution is -2.36. The van der Waals surface area contributed by atoms with Gasteiger partial charge in [-0.2, -0.15) is 5.10 Å². The van der Waals surface area contributed by atoms with Crippen LogP contribution in [0.3, 0.4) is 0 Å². The van der Waals surface area contributed by atoms with Crippen LogP contribution in [0.1, 0.15) is 29.4 Å². The lowest BCUT2D eigenvalue weighted by molar-refractivity contribution is 0.241. The summed E-state index contributed by atoms with van der Waals surface area (Å²) in [4.78, 5) is 20.1. The van der Waals surface area contributed by atoms with E-state index in [-0.39, 0.29) is 5.56 Å². The number of nitrogens with one attached hydrogen (secondary N) is 1. The van der Waals surface area contributed by atoms with E-state index in [2.05, 4.69) is 28.2 Å². The monoisotopic (exact) mass is 378 g/mol. The fourth-order valence-corrected chi connectivity index (χ4v) is 3.85. The summed E-state index contributed by atoms with van der Waals surface area (Å²) in [7, 11) is 0. The maximum Gasteiger partial charge on any atom is 0.277 e. The van der Waals surface area contributed by atoms with Crippen LogP contribution in [0.25, 0.3) is 17.1 Å².